The van der Waals surface area contributed by atoms with E-state index in [1.807, 2.05) is 19.2 Å². The van der Waals surface area contributed by atoms with Crippen molar-refractivity contribution in [1.82, 2.24) is 15.2 Å². The number of hydrogen-bond acceptors (Lipinski definition) is 4. The molecule has 0 amide bonds. The van der Waals surface area contributed by atoms with Crippen molar-refractivity contribution in [2.75, 3.05) is 18.5 Å². The Hall–Kier alpha value is -2.40. The molecule has 0 aliphatic rings. The van der Waals surface area contributed by atoms with Crippen molar-refractivity contribution in [1.29, 1.82) is 0 Å². The Morgan fingerprint density at radius 1 is 1.30 bits per heavy atom. The summed E-state index contributed by atoms with van der Waals surface area (Å²) >= 11 is 0. The van der Waals surface area contributed by atoms with Gasteiger partial charge in [-0.3, -0.25) is 5.10 Å². The van der Waals surface area contributed by atoms with Crippen LogP contribution in [0, 0.1) is 6.92 Å². The maximum atomic E-state index is 8.93. The van der Waals surface area contributed by atoms with Crippen molar-refractivity contribution < 1.29 is 5.11 Å². The highest BCUT2D eigenvalue weighted by atomic mass is 16.3. The van der Waals surface area contributed by atoms with Crippen molar-refractivity contribution in [3.63, 3.8) is 0 Å². The molecule has 0 radical (unpaired) electrons. The summed E-state index contributed by atoms with van der Waals surface area (Å²) in [6.07, 6.45) is 3.66. The highest BCUT2D eigenvalue weighted by molar-refractivity contribution is 5.96. The molecule has 102 valence electrons. The van der Waals surface area contributed by atoms with Gasteiger partial charge in [0, 0.05) is 23.7 Å². The highest BCUT2D eigenvalue weighted by Crippen LogP contribution is 2.30. The van der Waals surface area contributed by atoms with Gasteiger partial charge in [-0.25, -0.2) is 4.98 Å². The number of nitrogens with one attached hydrogen (secondary N) is 2. The molecule has 0 saturated heterocycles. The van der Waals surface area contributed by atoms with Crippen molar-refractivity contribution in [3.05, 3.63) is 42.2 Å². The second-order valence-corrected chi connectivity index (χ2v) is 4.71. The van der Waals surface area contributed by atoms with Gasteiger partial charge in [0.25, 0.3) is 0 Å². The number of pyridine rings is 1. The molecule has 3 N–H and O–H groups in total. The summed E-state index contributed by atoms with van der Waals surface area (Å²) in [4.78, 5) is 4.59. The van der Waals surface area contributed by atoms with E-state index in [1.54, 1.807) is 6.20 Å². The molecule has 0 bridgehead atoms. The Morgan fingerprint density at radius 2 is 2.20 bits per heavy atom. The highest BCUT2D eigenvalue weighted by Gasteiger charge is 2.09. The number of aromatic nitrogens is 3. The summed E-state index contributed by atoms with van der Waals surface area (Å²) in [6, 6.07) is 8.20. The Labute approximate surface area is 116 Å². The third kappa shape index (κ3) is 2.35. The zero-order valence-electron chi connectivity index (χ0n) is 11.2. The summed E-state index contributed by atoms with van der Waals surface area (Å²) in [5.41, 5.74) is 4.20. The molecule has 0 fully saturated rings. The first kappa shape index (κ1) is 12.6. The van der Waals surface area contributed by atoms with Crippen LogP contribution in [0.3, 0.4) is 0 Å². The van der Waals surface area contributed by atoms with Gasteiger partial charge >= 0.3 is 0 Å². The first-order valence-corrected chi connectivity index (χ1v) is 6.53. The number of aliphatic hydroxyl groups is 1. The molecular weight excluding hydrogens is 252 g/mol. The fraction of sp³-hybridized carbons (Fsp3) is 0.200. The van der Waals surface area contributed by atoms with Crippen LogP contribution >= 0.6 is 0 Å². The number of rotatable bonds is 4. The van der Waals surface area contributed by atoms with Crippen LogP contribution in [0.4, 0.5) is 5.82 Å². The minimum atomic E-state index is 0.0780. The molecule has 1 aromatic carbocycles. The van der Waals surface area contributed by atoms with Gasteiger partial charge in [0.2, 0.25) is 0 Å². The van der Waals surface area contributed by atoms with Crippen LogP contribution in [0.5, 0.6) is 0 Å². The van der Waals surface area contributed by atoms with Gasteiger partial charge < -0.3 is 10.4 Å². The number of benzene rings is 1. The van der Waals surface area contributed by atoms with Gasteiger partial charge in [-0.1, -0.05) is 12.1 Å². The number of aliphatic hydroxyl groups excluding tert-OH is 1. The van der Waals surface area contributed by atoms with Crippen LogP contribution in [-0.2, 0) is 0 Å². The molecule has 0 spiro atoms. The van der Waals surface area contributed by atoms with Gasteiger partial charge in [0.05, 0.1) is 18.3 Å². The molecule has 5 heteroatoms. The molecule has 5 nitrogen and oxygen atoms in total. The van der Waals surface area contributed by atoms with Crippen LogP contribution in [0.25, 0.3) is 22.0 Å². The number of hydrogen-bond donors (Lipinski definition) is 3. The number of H-pyrrole nitrogens is 1. The van der Waals surface area contributed by atoms with E-state index in [1.165, 1.54) is 5.56 Å². The molecule has 0 aliphatic carbocycles. The predicted molar refractivity (Wildman–Crippen MR) is 79.6 cm³/mol. The summed E-state index contributed by atoms with van der Waals surface area (Å²) < 4.78 is 0. The summed E-state index contributed by atoms with van der Waals surface area (Å²) in [5.74, 6) is 0.758. The predicted octanol–water partition coefficient (Wildman–Crippen LogP) is 2.34. The standard InChI is InChI=1S/C15H16N4O/c1-10-2-3-12-13(11-8-17-18-9-11)7-15(16-4-5-20)19-14(12)6-10/h2-3,6-9,20H,4-5H2,1H3,(H,16,19)(H,17,18). The normalized spacial score (nSPS) is 10.9. The number of fused-ring (bicyclic) bond motifs is 1. The molecular formula is C15H16N4O. The lowest BCUT2D eigenvalue weighted by Crippen LogP contribution is -2.07. The summed E-state index contributed by atoms with van der Waals surface area (Å²) in [7, 11) is 0. The Bertz CT molecular complexity index is 722. The molecule has 3 rings (SSSR count). The van der Waals surface area contributed by atoms with Crippen LogP contribution in [0.1, 0.15) is 5.56 Å². The van der Waals surface area contributed by atoms with E-state index >= 15 is 0 Å². The van der Waals surface area contributed by atoms with Gasteiger partial charge in [-0.2, -0.15) is 5.10 Å². The minimum absolute atomic E-state index is 0.0780. The quantitative estimate of drug-likeness (QED) is 0.679. The number of nitrogens with zero attached hydrogens (tertiary/aromatic N) is 2. The molecule has 0 saturated carbocycles. The molecule has 2 heterocycles. The fourth-order valence-electron chi connectivity index (χ4n) is 2.25. The van der Waals surface area contributed by atoms with E-state index in [0.717, 1.165) is 27.8 Å². The zero-order valence-corrected chi connectivity index (χ0v) is 11.2. The van der Waals surface area contributed by atoms with Gasteiger partial charge in [0.1, 0.15) is 5.82 Å². The van der Waals surface area contributed by atoms with E-state index in [9.17, 15) is 0 Å². The molecule has 20 heavy (non-hydrogen) atoms. The molecule has 0 unspecified atom stereocenters. The van der Waals surface area contributed by atoms with E-state index in [4.69, 9.17) is 5.11 Å². The third-order valence-electron chi connectivity index (χ3n) is 3.19. The van der Waals surface area contributed by atoms with E-state index in [0.29, 0.717) is 6.54 Å². The fourth-order valence-corrected chi connectivity index (χ4v) is 2.25. The largest absolute Gasteiger partial charge is 0.395 e. The zero-order chi connectivity index (χ0) is 13.9. The Balaban J connectivity index is 2.19. The van der Waals surface area contributed by atoms with Gasteiger partial charge in [-0.05, 0) is 30.2 Å². The Kier molecular flexibility index (Phi) is 3.35. The maximum Gasteiger partial charge on any atom is 0.127 e. The van der Waals surface area contributed by atoms with Crippen molar-refractivity contribution in [2.45, 2.75) is 6.92 Å². The van der Waals surface area contributed by atoms with Gasteiger partial charge in [-0.15, -0.1) is 0 Å². The lowest BCUT2D eigenvalue weighted by Gasteiger charge is -2.10. The van der Waals surface area contributed by atoms with Crippen LogP contribution in [0.2, 0.25) is 0 Å². The molecule has 0 atom stereocenters. The second-order valence-electron chi connectivity index (χ2n) is 4.71. The maximum absolute atomic E-state index is 8.93. The van der Waals surface area contributed by atoms with E-state index < -0.39 is 0 Å². The summed E-state index contributed by atoms with van der Waals surface area (Å²) in [5, 5.41) is 20.0. The average Bonchev–Trinajstić information content (AvgIpc) is 2.97. The van der Waals surface area contributed by atoms with Crippen molar-refractivity contribution in [2.24, 2.45) is 0 Å². The van der Waals surface area contributed by atoms with Crippen LogP contribution in [0.15, 0.2) is 36.7 Å². The molecule has 0 aliphatic heterocycles. The number of aromatic amines is 1. The smallest absolute Gasteiger partial charge is 0.127 e. The van der Waals surface area contributed by atoms with E-state index in [-0.39, 0.29) is 6.61 Å². The Morgan fingerprint density at radius 3 is 2.95 bits per heavy atom. The minimum Gasteiger partial charge on any atom is -0.395 e. The van der Waals surface area contributed by atoms with Crippen LogP contribution in [-0.4, -0.2) is 33.4 Å². The first-order valence-electron chi connectivity index (χ1n) is 6.53. The monoisotopic (exact) mass is 268 g/mol. The number of anilines is 1. The second kappa shape index (κ2) is 5.30. The summed E-state index contributed by atoms with van der Waals surface area (Å²) in [6.45, 7) is 2.61. The average molecular weight is 268 g/mol. The molecule has 2 aromatic heterocycles. The topological polar surface area (TPSA) is 73.8 Å². The number of aryl methyl sites for hydroxylation is 1. The van der Waals surface area contributed by atoms with Gasteiger partial charge in [0.15, 0.2) is 0 Å². The van der Waals surface area contributed by atoms with Crippen molar-refractivity contribution >= 4 is 16.7 Å². The van der Waals surface area contributed by atoms with E-state index in [2.05, 4.69) is 38.7 Å². The van der Waals surface area contributed by atoms with Crippen LogP contribution < -0.4 is 5.32 Å². The third-order valence-corrected chi connectivity index (χ3v) is 3.19. The first-order chi connectivity index (χ1) is 9.78. The SMILES string of the molecule is Cc1ccc2c(-c3cn[nH]c3)cc(NCCO)nc2c1. The van der Waals surface area contributed by atoms with Crippen molar-refractivity contribution in [3.8, 4) is 11.1 Å². The lowest BCUT2D eigenvalue weighted by molar-refractivity contribution is 0.311. The molecule has 3 aromatic rings. The lowest BCUT2D eigenvalue weighted by atomic mass is 10.0.